The smallest absolute Gasteiger partial charge is 0.156 e. The first kappa shape index (κ1) is 8.67. The van der Waals surface area contributed by atoms with Gasteiger partial charge in [0, 0.05) is 0 Å². The predicted octanol–water partition coefficient (Wildman–Crippen LogP) is 3.37. The molecule has 0 saturated heterocycles. The van der Waals surface area contributed by atoms with Gasteiger partial charge in [0.2, 0.25) is 0 Å². The normalized spacial score (nSPS) is 27.8. The van der Waals surface area contributed by atoms with Crippen LogP contribution in [0.2, 0.25) is 0 Å². The number of fused-ring (bicyclic) bond motifs is 1. The number of aryl methyl sites for hydroxylation is 1. The van der Waals surface area contributed by atoms with E-state index in [2.05, 4.69) is 0 Å². The average Bonchev–Trinajstić information content (AvgIpc) is 2.29. The van der Waals surface area contributed by atoms with E-state index in [1.807, 2.05) is 12.1 Å². The van der Waals surface area contributed by atoms with Crippen LogP contribution < -0.4 is 0 Å². The van der Waals surface area contributed by atoms with E-state index in [9.17, 15) is 8.78 Å². The molecule has 0 aromatic heterocycles. The Hall–Kier alpha value is -0.920. The van der Waals surface area contributed by atoms with Crippen LogP contribution in [0, 0.1) is 0 Å². The van der Waals surface area contributed by atoms with Gasteiger partial charge in [-0.25, -0.2) is 8.78 Å². The lowest BCUT2D eigenvalue weighted by Crippen LogP contribution is -2.07. The maximum absolute atomic E-state index is 13.5. The molecule has 70 valence electrons. The molecule has 0 bridgehead atoms. The number of hydrogen-bond donors (Lipinski definition) is 0. The number of rotatable bonds is 0. The zero-order chi connectivity index (χ0) is 9.26. The first-order valence-electron chi connectivity index (χ1n) is 4.65. The van der Waals surface area contributed by atoms with Crippen molar-refractivity contribution >= 4 is 0 Å². The Balaban J connectivity index is 2.40. The highest BCUT2D eigenvalue weighted by molar-refractivity contribution is 5.30. The number of halogens is 2. The third-order valence-electron chi connectivity index (χ3n) is 2.60. The topological polar surface area (TPSA) is 0 Å². The summed E-state index contributed by atoms with van der Waals surface area (Å²) in [6, 6.07) is 7.23. The fourth-order valence-corrected chi connectivity index (χ4v) is 1.86. The molecule has 2 heteroatoms. The van der Waals surface area contributed by atoms with Crippen molar-refractivity contribution in [1.82, 2.24) is 0 Å². The van der Waals surface area contributed by atoms with Gasteiger partial charge >= 0.3 is 0 Å². The van der Waals surface area contributed by atoms with Crippen molar-refractivity contribution in [2.24, 2.45) is 0 Å². The van der Waals surface area contributed by atoms with Gasteiger partial charge in [0.05, 0.1) is 0 Å². The first-order valence-corrected chi connectivity index (χ1v) is 4.65. The molecule has 0 fully saturated rings. The van der Waals surface area contributed by atoms with Crippen molar-refractivity contribution < 1.29 is 8.78 Å². The highest BCUT2D eigenvalue weighted by Gasteiger charge is 2.26. The van der Waals surface area contributed by atoms with Crippen molar-refractivity contribution in [3.05, 3.63) is 35.4 Å². The van der Waals surface area contributed by atoms with Gasteiger partial charge in [0.25, 0.3) is 0 Å². The third kappa shape index (κ3) is 1.58. The van der Waals surface area contributed by atoms with Crippen molar-refractivity contribution in [3.8, 4) is 0 Å². The molecule has 2 rings (SSSR count). The number of hydrogen-bond acceptors (Lipinski definition) is 0. The van der Waals surface area contributed by atoms with Gasteiger partial charge in [-0.15, -0.1) is 0 Å². The highest BCUT2D eigenvalue weighted by atomic mass is 19.2. The van der Waals surface area contributed by atoms with Crippen LogP contribution in [0.25, 0.3) is 0 Å². The summed E-state index contributed by atoms with van der Waals surface area (Å²) in [7, 11) is 0. The summed E-state index contributed by atoms with van der Waals surface area (Å²) in [5.74, 6) is 0. The van der Waals surface area contributed by atoms with Gasteiger partial charge in [-0.2, -0.15) is 0 Å². The zero-order valence-corrected chi connectivity index (χ0v) is 7.34. The van der Waals surface area contributed by atoms with Crippen LogP contribution >= 0.6 is 0 Å². The summed E-state index contributed by atoms with van der Waals surface area (Å²) in [5.41, 5.74) is 1.52. The fraction of sp³-hybridized carbons (Fsp3) is 0.455. The molecule has 0 aliphatic heterocycles. The van der Waals surface area contributed by atoms with Crippen LogP contribution in [0.5, 0.6) is 0 Å². The second kappa shape index (κ2) is 3.44. The first-order chi connectivity index (χ1) is 6.29. The Labute approximate surface area is 76.6 Å². The monoisotopic (exact) mass is 182 g/mol. The summed E-state index contributed by atoms with van der Waals surface area (Å²) < 4.78 is 26.6. The van der Waals surface area contributed by atoms with Gasteiger partial charge < -0.3 is 0 Å². The quantitative estimate of drug-likeness (QED) is 0.539. The summed E-state index contributed by atoms with van der Waals surface area (Å²) in [4.78, 5) is 0. The Morgan fingerprint density at radius 1 is 1.15 bits per heavy atom. The van der Waals surface area contributed by atoms with Gasteiger partial charge in [-0.1, -0.05) is 24.3 Å². The molecule has 2 atom stereocenters. The van der Waals surface area contributed by atoms with Gasteiger partial charge in [0.15, 0.2) is 6.17 Å². The van der Waals surface area contributed by atoms with Gasteiger partial charge in [-0.05, 0) is 30.4 Å². The van der Waals surface area contributed by atoms with Crippen molar-refractivity contribution in [1.29, 1.82) is 0 Å². The Morgan fingerprint density at radius 3 is 2.77 bits per heavy atom. The maximum atomic E-state index is 13.5. The summed E-state index contributed by atoms with van der Waals surface area (Å²) in [5, 5.41) is 0. The average molecular weight is 182 g/mol. The minimum absolute atomic E-state index is 0.343. The van der Waals surface area contributed by atoms with E-state index < -0.39 is 12.3 Å². The van der Waals surface area contributed by atoms with Crippen LogP contribution in [0.4, 0.5) is 8.78 Å². The molecular weight excluding hydrogens is 170 g/mol. The van der Waals surface area contributed by atoms with Crippen LogP contribution in [0.3, 0.4) is 0 Å². The standard InChI is InChI=1S/C11H12F2/c12-10-7-3-5-8-4-1-2-6-9(8)11(10)13/h1-2,4,6,10-11H,3,5,7H2. The molecule has 13 heavy (non-hydrogen) atoms. The molecule has 1 aromatic carbocycles. The molecule has 0 saturated carbocycles. The van der Waals surface area contributed by atoms with Crippen molar-refractivity contribution in [3.63, 3.8) is 0 Å². The van der Waals surface area contributed by atoms with E-state index in [4.69, 9.17) is 0 Å². The number of benzene rings is 1. The van der Waals surface area contributed by atoms with Crippen molar-refractivity contribution in [2.45, 2.75) is 31.6 Å². The molecule has 0 nitrogen and oxygen atoms in total. The summed E-state index contributed by atoms with van der Waals surface area (Å²) in [6.07, 6.45) is -0.840. The maximum Gasteiger partial charge on any atom is 0.156 e. The largest absolute Gasteiger partial charge is 0.244 e. The molecule has 1 aromatic rings. The van der Waals surface area contributed by atoms with Crippen LogP contribution in [0.1, 0.15) is 30.1 Å². The molecule has 2 unspecified atom stereocenters. The lowest BCUT2D eigenvalue weighted by Gasteiger charge is -2.11. The lowest BCUT2D eigenvalue weighted by atomic mass is 10.0. The molecule has 1 aliphatic rings. The molecule has 0 radical (unpaired) electrons. The summed E-state index contributed by atoms with van der Waals surface area (Å²) >= 11 is 0. The third-order valence-corrected chi connectivity index (χ3v) is 2.60. The van der Waals surface area contributed by atoms with Gasteiger partial charge in [0.1, 0.15) is 6.17 Å². The van der Waals surface area contributed by atoms with Crippen LogP contribution in [-0.2, 0) is 6.42 Å². The molecule has 0 amide bonds. The second-order valence-corrected chi connectivity index (χ2v) is 3.51. The van der Waals surface area contributed by atoms with E-state index in [1.165, 1.54) is 0 Å². The van der Waals surface area contributed by atoms with E-state index in [-0.39, 0.29) is 0 Å². The second-order valence-electron chi connectivity index (χ2n) is 3.51. The zero-order valence-electron chi connectivity index (χ0n) is 7.34. The SMILES string of the molecule is FC1CCCc2ccccc2C1F. The number of alkyl halides is 2. The lowest BCUT2D eigenvalue weighted by molar-refractivity contribution is 0.162. The van der Waals surface area contributed by atoms with E-state index in [0.717, 1.165) is 18.4 Å². The molecule has 1 aliphatic carbocycles. The Kier molecular flexibility index (Phi) is 2.30. The minimum Gasteiger partial charge on any atom is -0.244 e. The van der Waals surface area contributed by atoms with Crippen molar-refractivity contribution in [2.75, 3.05) is 0 Å². The Morgan fingerprint density at radius 2 is 1.92 bits per heavy atom. The van der Waals surface area contributed by atoms with Gasteiger partial charge in [-0.3, -0.25) is 0 Å². The van der Waals surface area contributed by atoms with E-state index in [0.29, 0.717) is 12.0 Å². The molecular formula is C11H12F2. The molecule has 0 spiro atoms. The molecule has 0 heterocycles. The fourth-order valence-electron chi connectivity index (χ4n) is 1.86. The summed E-state index contributed by atoms with van der Waals surface area (Å²) in [6.45, 7) is 0. The predicted molar refractivity (Wildman–Crippen MR) is 48.1 cm³/mol. The van der Waals surface area contributed by atoms with E-state index in [1.54, 1.807) is 12.1 Å². The van der Waals surface area contributed by atoms with E-state index >= 15 is 0 Å². The Bertz CT molecular complexity index is 296. The minimum atomic E-state index is -1.42. The van der Waals surface area contributed by atoms with Crippen LogP contribution in [0.15, 0.2) is 24.3 Å². The molecule has 0 N–H and O–H groups in total. The highest BCUT2D eigenvalue weighted by Crippen LogP contribution is 2.33. The van der Waals surface area contributed by atoms with Crippen LogP contribution in [-0.4, -0.2) is 6.17 Å².